The van der Waals surface area contributed by atoms with Crippen LogP contribution in [0.5, 0.6) is 11.5 Å². The second-order valence-electron chi connectivity index (χ2n) is 12.8. The average molecular weight is 516 g/mol. The first-order valence-corrected chi connectivity index (χ1v) is 14.4. The van der Waals surface area contributed by atoms with Crippen LogP contribution in [0, 0.1) is 5.92 Å². The molecule has 9 rings (SSSR count). The summed E-state index contributed by atoms with van der Waals surface area (Å²) in [5, 5.41) is 26.5. The van der Waals surface area contributed by atoms with Crippen molar-refractivity contribution in [1.82, 2.24) is 15.1 Å². The quantitative estimate of drug-likeness (QED) is 0.549. The zero-order valence-corrected chi connectivity index (χ0v) is 22.0. The largest absolute Gasteiger partial charge is 0.504 e. The highest BCUT2D eigenvalue weighted by Crippen LogP contribution is 2.72. The molecular weight excluding hydrogens is 478 g/mol. The fourth-order valence-corrected chi connectivity index (χ4v) is 9.57. The molecule has 5 fully saturated rings. The number of aromatic hydroxyl groups is 1. The number of piperidine rings is 3. The van der Waals surface area contributed by atoms with Crippen molar-refractivity contribution in [2.75, 3.05) is 20.1 Å². The topological polar surface area (TPSA) is 85.3 Å². The summed E-state index contributed by atoms with van der Waals surface area (Å²) in [6.07, 6.45) is 5.72. The number of carbonyl (C=O) groups is 1. The molecule has 7 heteroatoms. The number of likely N-dealkylation sites (tertiary alicyclic amines) is 1. The lowest BCUT2D eigenvalue weighted by molar-refractivity contribution is -0.286. The molecule has 3 saturated heterocycles. The Kier molecular flexibility index (Phi) is 4.74. The summed E-state index contributed by atoms with van der Waals surface area (Å²) in [7, 11) is 2.15. The van der Waals surface area contributed by atoms with Crippen molar-refractivity contribution < 1.29 is 19.7 Å². The third kappa shape index (κ3) is 2.77. The summed E-state index contributed by atoms with van der Waals surface area (Å²) in [6.45, 7) is 2.60. The highest BCUT2D eigenvalue weighted by atomic mass is 16.5. The van der Waals surface area contributed by atoms with Gasteiger partial charge in [0.1, 0.15) is 11.7 Å². The molecule has 1 amide bonds. The molecule has 3 N–H and O–H groups in total. The number of phenols is 1. The normalized spacial score (nSPS) is 38.5. The van der Waals surface area contributed by atoms with Crippen LogP contribution in [0.15, 0.2) is 42.5 Å². The number of hydrogen-bond donors (Lipinski definition) is 3. The average Bonchev–Trinajstić information content (AvgIpc) is 3.66. The van der Waals surface area contributed by atoms with E-state index in [1.54, 1.807) is 6.07 Å². The summed E-state index contributed by atoms with van der Waals surface area (Å²) in [6, 6.07) is 13.7. The van der Waals surface area contributed by atoms with Gasteiger partial charge in [0.25, 0.3) is 0 Å². The summed E-state index contributed by atoms with van der Waals surface area (Å²) < 4.78 is 6.68. The van der Waals surface area contributed by atoms with Gasteiger partial charge in [-0.05, 0) is 75.2 Å². The molecule has 2 aromatic carbocycles. The van der Waals surface area contributed by atoms with Gasteiger partial charge in [0.2, 0.25) is 5.91 Å². The number of nitrogens with one attached hydrogen (secondary N) is 1. The number of fused-ring (bicyclic) bond motifs is 2. The number of aliphatic hydroxyl groups is 1. The molecule has 0 unspecified atom stereocenters. The van der Waals surface area contributed by atoms with E-state index in [0.29, 0.717) is 24.8 Å². The van der Waals surface area contributed by atoms with Crippen LogP contribution in [0.25, 0.3) is 0 Å². The summed E-state index contributed by atoms with van der Waals surface area (Å²) >= 11 is 0. The molecule has 2 aromatic rings. The van der Waals surface area contributed by atoms with E-state index in [4.69, 9.17) is 4.74 Å². The molecule has 4 heterocycles. The van der Waals surface area contributed by atoms with Crippen molar-refractivity contribution in [2.45, 2.75) is 86.2 Å². The van der Waals surface area contributed by atoms with Crippen molar-refractivity contribution in [3.05, 3.63) is 59.2 Å². The number of likely N-dealkylation sites (N-methyl/N-ethyl adjacent to an activating group) is 1. The maximum Gasteiger partial charge on any atom is 0.221 e. The van der Waals surface area contributed by atoms with Gasteiger partial charge in [-0.25, -0.2) is 0 Å². The van der Waals surface area contributed by atoms with Gasteiger partial charge in [-0.2, -0.15) is 0 Å². The molecule has 200 valence electrons. The molecule has 7 aliphatic rings. The highest BCUT2D eigenvalue weighted by Gasteiger charge is 2.82. The molecule has 3 aliphatic carbocycles. The fraction of sp³-hybridized carbons (Fsp3) is 0.581. The van der Waals surface area contributed by atoms with Gasteiger partial charge in [-0.15, -0.1) is 0 Å². The molecule has 6 atom stereocenters. The standard InChI is InChI=1S/C31H37N3O4/c1-33-23(16-25(36)32-17-19-5-3-2-4-6-19)30(37)11-12-31(33)24-15-21-9-10-22(35)27-26(21)29(31,28(30)38-27)13-14-34(24)18-20-7-8-20/h2-6,9-10,20,23-24,28,35,37H,7-8,11-18H2,1H3,(H,32,36)/t23-,24+,28+,29-,30+,31+/m0/s1. The van der Waals surface area contributed by atoms with E-state index in [9.17, 15) is 15.0 Å². The van der Waals surface area contributed by atoms with E-state index in [-0.39, 0.29) is 35.1 Å². The van der Waals surface area contributed by atoms with Crippen LogP contribution >= 0.6 is 0 Å². The van der Waals surface area contributed by atoms with Crippen LogP contribution in [0.3, 0.4) is 0 Å². The van der Waals surface area contributed by atoms with Gasteiger partial charge in [0.15, 0.2) is 11.5 Å². The molecule has 4 aliphatic heterocycles. The Morgan fingerprint density at radius 2 is 1.95 bits per heavy atom. The molecule has 0 aromatic heterocycles. The number of amides is 1. The first-order chi connectivity index (χ1) is 18.4. The smallest absolute Gasteiger partial charge is 0.221 e. The van der Waals surface area contributed by atoms with Gasteiger partial charge in [0, 0.05) is 31.1 Å². The second-order valence-corrected chi connectivity index (χ2v) is 12.8. The lowest BCUT2D eigenvalue weighted by Crippen LogP contribution is -2.91. The summed E-state index contributed by atoms with van der Waals surface area (Å²) in [4.78, 5) is 18.5. The predicted molar refractivity (Wildman–Crippen MR) is 142 cm³/mol. The van der Waals surface area contributed by atoms with Gasteiger partial charge >= 0.3 is 0 Å². The lowest BCUT2D eigenvalue weighted by Gasteiger charge is -2.76. The maximum atomic E-state index is 13.3. The summed E-state index contributed by atoms with van der Waals surface area (Å²) in [5.41, 5.74) is 1.67. The van der Waals surface area contributed by atoms with E-state index < -0.39 is 11.7 Å². The second kappa shape index (κ2) is 7.74. The fourth-order valence-electron chi connectivity index (χ4n) is 9.57. The van der Waals surface area contributed by atoms with Crippen molar-refractivity contribution >= 4 is 5.91 Å². The Balaban J connectivity index is 1.20. The van der Waals surface area contributed by atoms with Gasteiger partial charge in [0.05, 0.1) is 17.0 Å². The molecular formula is C31H37N3O4. The minimum atomic E-state index is -1.18. The van der Waals surface area contributed by atoms with Crippen LogP contribution in [-0.2, 0) is 23.2 Å². The Hall–Kier alpha value is -2.61. The number of benzene rings is 2. The summed E-state index contributed by atoms with van der Waals surface area (Å²) in [5.74, 6) is 1.49. The maximum absolute atomic E-state index is 13.3. The molecule has 38 heavy (non-hydrogen) atoms. The van der Waals surface area contributed by atoms with Crippen LogP contribution in [0.1, 0.15) is 55.2 Å². The van der Waals surface area contributed by atoms with Crippen molar-refractivity contribution in [1.29, 1.82) is 0 Å². The molecule has 2 spiro atoms. The van der Waals surface area contributed by atoms with Gasteiger partial charge in [-0.3, -0.25) is 14.6 Å². The molecule has 7 nitrogen and oxygen atoms in total. The van der Waals surface area contributed by atoms with Gasteiger partial charge in [-0.1, -0.05) is 36.4 Å². The zero-order chi connectivity index (χ0) is 25.9. The number of ether oxygens (including phenoxy) is 1. The Morgan fingerprint density at radius 3 is 2.74 bits per heavy atom. The first-order valence-electron chi connectivity index (χ1n) is 14.4. The van der Waals surface area contributed by atoms with Crippen LogP contribution in [-0.4, -0.2) is 75.4 Å². The number of nitrogens with zero attached hydrogens (tertiary/aromatic N) is 2. The Morgan fingerprint density at radius 1 is 1.13 bits per heavy atom. The first kappa shape index (κ1) is 23.3. The van der Waals surface area contributed by atoms with E-state index >= 15 is 0 Å². The zero-order valence-electron chi connectivity index (χ0n) is 22.0. The predicted octanol–water partition coefficient (Wildman–Crippen LogP) is 2.72. The van der Waals surface area contributed by atoms with Crippen LogP contribution < -0.4 is 10.1 Å². The van der Waals surface area contributed by atoms with E-state index in [0.717, 1.165) is 49.4 Å². The highest BCUT2D eigenvalue weighted by molar-refractivity contribution is 5.77. The number of carbonyl (C=O) groups excluding carboxylic acids is 1. The van der Waals surface area contributed by atoms with E-state index in [1.807, 2.05) is 30.3 Å². The third-order valence-electron chi connectivity index (χ3n) is 11.3. The van der Waals surface area contributed by atoms with E-state index in [2.05, 4.69) is 28.2 Å². The number of hydrogen-bond acceptors (Lipinski definition) is 6. The van der Waals surface area contributed by atoms with Crippen LogP contribution in [0.2, 0.25) is 0 Å². The molecule has 4 bridgehead atoms. The SMILES string of the molecule is CN1[C@@H](CC(=O)NCc2ccccc2)[C@]2(O)CC[C@]13[C@H]1Cc4ccc(O)c5c4[C@@]3(CCN1CC1CC1)[C@H]2O5. The van der Waals surface area contributed by atoms with Crippen molar-refractivity contribution in [3.63, 3.8) is 0 Å². The lowest BCUT2D eigenvalue weighted by atomic mass is 9.41. The molecule has 0 radical (unpaired) electrons. The van der Waals surface area contributed by atoms with Gasteiger partial charge < -0.3 is 20.3 Å². The number of phenolic OH excluding ortho intramolecular Hbond substituents is 1. The third-order valence-corrected chi connectivity index (χ3v) is 11.3. The molecule has 2 saturated carbocycles. The van der Waals surface area contributed by atoms with Crippen molar-refractivity contribution in [2.24, 2.45) is 5.92 Å². The number of rotatable bonds is 6. The monoisotopic (exact) mass is 515 g/mol. The van der Waals surface area contributed by atoms with E-state index in [1.165, 1.54) is 18.4 Å². The minimum absolute atomic E-state index is 0.0491. The Bertz CT molecular complexity index is 1310. The Labute approximate surface area is 223 Å². The minimum Gasteiger partial charge on any atom is -0.504 e. The van der Waals surface area contributed by atoms with Crippen molar-refractivity contribution in [3.8, 4) is 11.5 Å². The van der Waals surface area contributed by atoms with Crippen LogP contribution in [0.4, 0.5) is 0 Å².